The highest BCUT2D eigenvalue weighted by atomic mass is 16.4. The molecule has 1 saturated heterocycles. The second-order valence-electron chi connectivity index (χ2n) is 6.94. The van der Waals surface area contributed by atoms with Gasteiger partial charge in [0.2, 0.25) is 0 Å². The maximum atomic E-state index is 11.1. The molecular weight excluding hydrogens is 340 g/mol. The van der Waals surface area contributed by atoms with Crippen LogP contribution in [0.1, 0.15) is 6.92 Å². The zero-order chi connectivity index (χ0) is 19.5. The Bertz CT molecular complexity index is 401. The first-order chi connectivity index (χ1) is 12.4. The fourth-order valence-electron chi connectivity index (χ4n) is 3.21. The number of carboxylic acid groups (broad SMARTS) is 1. The fraction of sp³-hybridized carbons (Fsp3) is 0.941. The van der Waals surface area contributed by atoms with Crippen molar-refractivity contribution in [2.75, 3.05) is 85.7 Å². The zero-order valence-electron chi connectivity index (χ0n) is 16.1. The molecular formula is C17H36N4O5. The van der Waals surface area contributed by atoms with Gasteiger partial charge in [0.25, 0.3) is 0 Å². The van der Waals surface area contributed by atoms with Gasteiger partial charge >= 0.3 is 5.97 Å². The molecule has 9 nitrogen and oxygen atoms in total. The predicted molar refractivity (Wildman–Crippen MR) is 99.2 cm³/mol. The van der Waals surface area contributed by atoms with E-state index in [2.05, 4.69) is 16.7 Å². The van der Waals surface area contributed by atoms with Crippen LogP contribution in [0.3, 0.4) is 0 Å². The fourth-order valence-corrected chi connectivity index (χ4v) is 3.21. The van der Waals surface area contributed by atoms with E-state index in [1.807, 2.05) is 16.8 Å². The van der Waals surface area contributed by atoms with Crippen LogP contribution in [0.2, 0.25) is 0 Å². The summed E-state index contributed by atoms with van der Waals surface area (Å²) in [6.07, 6.45) is -1.03. The van der Waals surface area contributed by atoms with Crippen molar-refractivity contribution in [2.24, 2.45) is 0 Å². The van der Waals surface area contributed by atoms with E-state index in [4.69, 9.17) is 5.11 Å². The third-order valence-corrected chi connectivity index (χ3v) is 5.10. The molecule has 0 aliphatic carbocycles. The molecule has 0 spiro atoms. The number of carboxylic acids is 1. The molecule has 1 heterocycles. The van der Waals surface area contributed by atoms with Crippen LogP contribution in [0.15, 0.2) is 0 Å². The minimum absolute atomic E-state index is 0.0326. The summed E-state index contributed by atoms with van der Waals surface area (Å²) in [5.41, 5.74) is 0. The van der Waals surface area contributed by atoms with E-state index in [9.17, 15) is 20.1 Å². The van der Waals surface area contributed by atoms with Gasteiger partial charge in [0.15, 0.2) is 0 Å². The summed E-state index contributed by atoms with van der Waals surface area (Å²) >= 11 is 0. The van der Waals surface area contributed by atoms with Gasteiger partial charge in [-0.3, -0.25) is 14.6 Å². The van der Waals surface area contributed by atoms with Gasteiger partial charge in [-0.05, 0) is 13.6 Å². The molecule has 1 aliphatic rings. The van der Waals surface area contributed by atoms with E-state index in [0.717, 1.165) is 32.7 Å². The number of carbonyl (C=O) groups is 1. The van der Waals surface area contributed by atoms with Crippen LogP contribution in [0.4, 0.5) is 0 Å². The Labute approximate surface area is 156 Å². The van der Waals surface area contributed by atoms with E-state index >= 15 is 0 Å². The number of aliphatic hydroxyl groups excluding tert-OH is 3. The summed E-state index contributed by atoms with van der Waals surface area (Å²) in [5.74, 6) is -0.863. The van der Waals surface area contributed by atoms with Gasteiger partial charge in [0, 0.05) is 52.4 Å². The maximum Gasteiger partial charge on any atom is 0.317 e. The average Bonchev–Trinajstić information content (AvgIpc) is 2.61. The SMILES string of the molecule is CCN1CCN(C)CCN(CC(=O)O)CCN([C@H](CO)[C@H](O)CO)CC1. The van der Waals surface area contributed by atoms with Gasteiger partial charge in [-0.2, -0.15) is 0 Å². The van der Waals surface area contributed by atoms with Crippen LogP contribution < -0.4 is 0 Å². The number of nitrogens with zero attached hydrogens (tertiary/aromatic N) is 4. The number of hydrogen-bond acceptors (Lipinski definition) is 8. The number of aliphatic hydroxyl groups is 3. The number of likely N-dealkylation sites (N-methyl/N-ethyl adjacent to an activating group) is 2. The minimum atomic E-state index is -1.03. The second kappa shape index (κ2) is 12.6. The van der Waals surface area contributed by atoms with Crippen molar-refractivity contribution in [3.8, 4) is 0 Å². The summed E-state index contributed by atoms with van der Waals surface area (Å²) in [6, 6.07) is -0.559. The lowest BCUT2D eigenvalue weighted by molar-refractivity contribution is -0.138. The largest absolute Gasteiger partial charge is 0.480 e. The summed E-state index contributed by atoms with van der Waals surface area (Å²) in [7, 11) is 2.05. The van der Waals surface area contributed by atoms with Crippen molar-refractivity contribution in [1.29, 1.82) is 0 Å². The predicted octanol–water partition coefficient (Wildman–Crippen LogP) is -2.34. The molecule has 0 aromatic carbocycles. The van der Waals surface area contributed by atoms with Gasteiger partial charge in [0.1, 0.15) is 0 Å². The Kier molecular flexibility index (Phi) is 11.2. The Morgan fingerprint density at radius 1 is 0.923 bits per heavy atom. The number of hydrogen-bond donors (Lipinski definition) is 4. The zero-order valence-corrected chi connectivity index (χ0v) is 16.1. The molecule has 4 N–H and O–H groups in total. The highest BCUT2D eigenvalue weighted by molar-refractivity contribution is 5.69. The normalized spacial score (nSPS) is 23.1. The van der Waals surface area contributed by atoms with Crippen LogP contribution in [-0.4, -0.2) is 144 Å². The van der Waals surface area contributed by atoms with Crippen LogP contribution in [0, 0.1) is 0 Å². The molecule has 1 aliphatic heterocycles. The van der Waals surface area contributed by atoms with Crippen LogP contribution in [-0.2, 0) is 4.79 Å². The van der Waals surface area contributed by atoms with E-state index < -0.39 is 24.7 Å². The molecule has 154 valence electrons. The Morgan fingerprint density at radius 2 is 1.46 bits per heavy atom. The summed E-state index contributed by atoms with van der Waals surface area (Å²) < 4.78 is 0. The van der Waals surface area contributed by atoms with Crippen molar-refractivity contribution < 1.29 is 25.2 Å². The van der Waals surface area contributed by atoms with Crippen molar-refractivity contribution in [1.82, 2.24) is 19.6 Å². The second-order valence-corrected chi connectivity index (χ2v) is 6.94. The topological polar surface area (TPSA) is 111 Å². The van der Waals surface area contributed by atoms with Gasteiger partial charge in [0.05, 0.1) is 31.9 Å². The summed E-state index contributed by atoms with van der Waals surface area (Å²) in [4.78, 5) is 19.5. The minimum Gasteiger partial charge on any atom is -0.480 e. The average molecular weight is 376 g/mol. The van der Waals surface area contributed by atoms with E-state index in [1.165, 1.54) is 0 Å². The maximum absolute atomic E-state index is 11.1. The Morgan fingerprint density at radius 3 is 1.96 bits per heavy atom. The first-order valence-corrected chi connectivity index (χ1v) is 9.40. The van der Waals surface area contributed by atoms with Crippen LogP contribution >= 0.6 is 0 Å². The molecule has 0 radical (unpaired) electrons. The molecule has 1 rings (SSSR count). The van der Waals surface area contributed by atoms with Crippen molar-refractivity contribution in [3.05, 3.63) is 0 Å². The lowest BCUT2D eigenvalue weighted by Crippen LogP contribution is -2.53. The quantitative estimate of drug-likeness (QED) is 0.388. The third-order valence-electron chi connectivity index (χ3n) is 5.10. The molecule has 9 heteroatoms. The van der Waals surface area contributed by atoms with Crippen LogP contribution in [0.25, 0.3) is 0 Å². The van der Waals surface area contributed by atoms with Gasteiger partial charge in [-0.15, -0.1) is 0 Å². The first-order valence-electron chi connectivity index (χ1n) is 9.40. The van der Waals surface area contributed by atoms with Gasteiger partial charge < -0.3 is 30.2 Å². The molecule has 0 aromatic rings. The van der Waals surface area contributed by atoms with Crippen LogP contribution in [0.5, 0.6) is 0 Å². The number of rotatable bonds is 7. The third kappa shape index (κ3) is 8.26. The molecule has 2 atom stereocenters. The number of aliphatic carboxylic acids is 1. The standard InChI is InChI=1S/C17H36N4O5/c1-3-19-6-4-18(2)5-7-20(12-17(25)26)9-11-21(10-8-19)15(13-22)16(24)14-23/h15-16,22-24H,3-14H2,1-2H3,(H,25,26)/t15-,16-/m1/s1. The van der Waals surface area contributed by atoms with Crippen molar-refractivity contribution in [3.63, 3.8) is 0 Å². The monoisotopic (exact) mass is 376 g/mol. The van der Waals surface area contributed by atoms with E-state index in [1.54, 1.807) is 0 Å². The molecule has 0 aromatic heterocycles. The summed E-state index contributed by atoms with van der Waals surface area (Å²) in [5, 5.41) is 38.2. The highest BCUT2D eigenvalue weighted by Gasteiger charge is 2.26. The molecule has 0 saturated carbocycles. The molecule has 1 fully saturated rings. The van der Waals surface area contributed by atoms with E-state index in [0.29, 0.717) is 26.2 Å². The van der Waals surface area contributed by atoms with Crippen molar-refractivity contribution >= 4 is 5.97 Å². The molecule has 0 amide bonds. The molecule has 0 bridgehead atoms. The lowest BCUT2D eigenvalue weighted by atomic mass is 10.1. The van der Waals surface area contributed by atoms with E-state index in [-0.39, 0.29) is 13.2 Å². The van der Waals surface area contributed by atoms with Crippen molar-refractivity contribution in [2.45, 2.75) is 19.1 Å². The first kappa shape index (κ1) is 23.2. The smallest absolute Gasteiger partial charge is 0.317 e. The summed E-state index contributed by atoms with van der Waals surface area (Å²) in [6.45, 7) is 8.05. The van der Waals surface area contributed by atoms with Gasteiger partial charge in [-0.25, -0.2) is 0 Å². The Balaban J connectivity index is 2.87. The Hall–Kier alpha value is -0.810. The molecule has 0 unspecified atom stereocenters. The lowest BCUT2D eigenvalue weighted by Gasteiger charge is -2.37. The highest BCUT2D eigenvalue weighted by Crippen LogP contribution is 2.07. The molecule has 26 heavy (non-hydrogen) atoms. The van der Waals surface area contributed by atoms with Gasteiger partial charge in [-0.1, -0.05) is 6.92 Å².